The summed E-state index contributed by atoms with van der Waals surface area (Å²) in [5.74, 6) is 0.596. The van der Waals surface area contributed by atoms with Gasteiger partial charge < -0.3 is 15.0 Å². The zero-order chi connectivity index (χ0) is 16.4. The normalized spacial score (nSPS) is 14.8. The molecule has 2 aromatic heterocycles. The number of aromatic amines is 1. The third-order valence-corrected chi connectivity index (χ3v) is 4.01. The summed E-state index contributed by atoms with van der Waals surface area (Å²) < 4.78 is 5.43. The van der Waals surface area contributed by atoms with E-state index in [4.69, 9.17) is 4.74 Å². The quantitative estimate of drug-likeness (QED) is 0.766. The molecule has 1 saturated heterocycles. The van der Waals surface area contributed by atoms with Gasteiger partial charge in [-0.15, -0.1) is 0 Å². The number of aromatic nitrogens is 3. The first kappa shape index (κ1) is 14.6. The second kappa shape index (κ2) is 6.29. The molecule has 1 aliphatic heterocycles. The third-order valence-electron chi connectivity index (χ3n) is 4.01. The van der Waals surface area contributed by atoms with Gasteiger partial charge >= 0.3 is 5.69 Å². The molecule has 0 aliphatic carbocycles. The van der Waals surface area contributed by atoms with Crippen LogP contribution in [0.15, 0.2) is 47.4 Å². The minimum atomic E-state index is -0.424. The Morgan fingerprint density at radius 1 is 1.12 bits per heavy atom. The molecule has 1 aromatic carbocycles. The van der Waals surface area contributed by atoms with Crippen molar-refractivity contribution in [3.05, 3.63) is 53.1 Å². The fourth-order valence-electron chi connectivity index (χ4n) is 2.87. The zero-order valence-electron chi connectivity index (χ0n) is 13.0. The first-order valence-corrected chi connectivity index (χ1v) is 7.85. The third kappa shape index (κ3) is 2.81. The van der Waals surface area contributed by atoms with Crippen molar-refractivity contribution in [2.45, 2.75) is 0 Å². The van der Waals surface area contributed by atoms with E-state index in [2.05, 4.69) is 31.2 Å². The van der Waals surface area contributed by atoms with E-state index in [1.165, 1.54) is 0 Å². The monoisotopic (exact) mass is 323 g/mol. The maximum atomic E-state index is 11.8. The van der Waals surface area contributed by atoms with Crippen molar-refractivity contribution in [1.29, 1.82) is 0 Å². The molecular formula is C17H17N5O2. The Kier molecular flexibility index (Phi) is 3.84. The molecule has 3 aromatic rings. The highest BCUT2D eigenvalue weighted by atomic mass is 16.5. The van der Waals surface area contributed by atoms with Gasteiger partial charge in [-0.05, 0) is 24.3 Å². The van der Waals surface area contributed by atoms with Crippen LogP contribution >= 0.6 is 0 Å². The second-order valence-electron chi connectivity index (χ2n) is 5.53. The van der Waals surface area contributed by atoms with E-state index in [-0.39, 0.29) is 0 Å². The first-order chi connectivity index (χ1) is 11.8. The van der Waals surface area contributed by atoms with Crippen LogP contribution in [0.2, 0.25) is 0 Å². The van der Waals surface area contributed by atoms with Crippen LogP contribution in [0.5, 0.6) is 0 Å². The first-order valence-electron chi connectivity index (χ1n) is 7.85. The van der Waals surface area contributed by atoms with Gasteiger partial charge in [-0.25, -0.2) is 9.78 Å². The molecule has 0 bridgehead atoms. The summed E-state index contributed by atoms with van der Waals surface area (Å²) in [6.45, 7) is 3.11. The summed E-state index contributed by atoms with van der Waals surface area (Å²) in [5, 5.41) is 4.11. The summed E-state index contributed by atoms with van der Waals surface area (Å²) in [7, 11) is 0. The second-order valence-corrected chi connectivity index (χ2v) is 5.53. The topological polar surface area (TPSA) is 83.1 Å². The maximum Gasteiger partial charge on any atom is 0.348 e. The van der Waals surface area contributed by atoms with E-state index < -0.39 is 5.69 Å². The van der Waals surface area contributed by atoms with Crippen LogP contribution in [0.3, 0.4) is 0 Å². The van der Waals surface area contributed by atoms with Gasteiger partial charge in [0.15, 0.2) is 5.65 Å². The van der Waals surface area contributed by atoms with E-state index in [0.717, 1.165) is 29.9 Å². The molecule has 0 unspecified atom stereocenters. The molecule has 4 rings (SSSR count). The molecule has 7 heteroatoms. The molecule has 122 valence electrons. The smallest absolute Gasteiger partial charge is 0.348 e. The van der Waals surface area contributed by atoms with Gasteiger partial charge in [-0.3, -0.25) is 4.98 Å². The number of pyridine rings is 1. The number of para-hydroxylation sites is 2. The Morgan fingerprint density at radius 2 is 1.96 bits per heavy atom. The van der Waals surface area contributed by atoms with Gasteiger partial charge in [0, 0.05) is 19.3 Å². The molecular weight excluding hydrogens is 306 g/mol. The number of benzene rings is 1. The Morgan fingerprint density at radius 3 is 2.83 bits per heavy atom. The summed E-state index contributed by atoms with van der Waals surface area (Å²) in [6.07, 6.45) is 1.63. The van der Waals surface area contributed by atoms with Gasteiger partial charge in [0.1, 0.15) is 5.82 Å². The van der Waals surface area contributed by atoms with Crippen LogP contribution in [0.25, 0.3) is 11.0 Å². The Hall–Kier alpha value is -2.93. The fraction of sp³-hybridized carbons (Fsp3) is 0.235. The van der Waals surface area contributed by atoms with Crippen molar-refractivity contribution >= 4 is 28.2 Å². The summed E-state index contributed by atoms with van der Waals surface area (Å²) in [5.41, 5.74) is 2.00. The molecule has 0 atom stereocenters. The number of hydrogen-bond donors (Lipinski definition) is 2. The minimum Gasteiger partial charge on any atom is -0.378 e. The number of anilines is 3. The van der Waals surface area contributed by atoms with E-state index in [0.29, 0.717) is 24.7 Å². The van der Waals surface area contributed by atoms with Crippen molar-refractivity contribution in [2.24, 2.45) is 0 Å². The molecule has 7 nitrogen and oxygen atoms in total. The standard InChI is InChI=1S/C17H17N5O2/c23-17-20-15-12(4-3-7-18-15)16(21-17)19-13-5-1-2-6-14(13)22-8-10-24-11-9-22/h1-7H,8-11H2,(H2,18,19,20,21,23). The lowest BCUT2D eigenvalue weighted by Crippen LogP contribution is -2.36. The van der Waals surface area contributed by atoms with Gasteiger partial charge in [0.25, 0.3) is 0 Å². The van der Waals surface area contributed by atoms with Crippen molar-refractivity contribution in [3.63, 3.8) is 0 Å². The number of hydrogen-bond acceptors (Lipinski definition) is 6. The number of fused-ring (bicyclic) bond motifs is 1. The predicted octanol–water partition coefficient (Wildman–Crippen LogP) is 1.90. The predicted molar refractivity (Wildman–Crippen MR) is 92.9 cm³/mol. The molecule has 0 amide bonds. The van der Waals surface area contributed by atoms with Gasteiger partial charge in [-0.1, -0.05) is 12.1 Å². The molecule has 0 spiro atoms. The molecule has 24 heavy (non-hydrogen) atoms. The van der Waals surface area contributed by atoms with Crippen molar-refractivity contribution in [1.82, 2.24) is 15.0 Å². The summed E-state index contributed by atoms with van der Waals surface area (Å²) in [6, 6.07) is 11.7. The highest BCUT2D eigenvalue weighted by Gasteiger charge is 2.15. The SMILES string of the molecule is O=c1nc2ncccc2c(Nc2ccccc2N2CCOCC2)[nH]1. The average molecular weight is 323 g/mol. The molecule has 2 N–H and O–H groups in total. The van der Waals surface area contributed by atoms with E-state index in [9.17, 15) is 4.79 Å². The Bertz CT molecular complexity index is 918. The summed E-state index contributed by atoms with van der Waals surface area (Å²) >= 11 is 0. The van der Waals surface area contributed by atoms with E-state index >= 15 is 0 Å². The van der Waals surface area contributed by atoms with Gasteiger partial charge in [0.05, 0.1) is 30.0 Å². The van der Waals surface area contributed by atoms with Crippen LogP contribution in [0, 0.1) is 0 Å². The lowest BCUT2D eigenvalue weighted by molar-refractivity contribution is 0.123. The number of rotatable bonds is 3. The highest BCUT2D eigenvalue weighted by Crippen LogP contribution is 2.30. The fourth-order valence-corrected chi connectivity index (χ4v) is 2.87. The maximum absolute atomic E-state index is 11.8. The lowest BCUT2D eigenvalue weighted by Gasteiger charge is -2.30. The van der Waals surface area contributed by atoms with Crippen LogP contribution < -0.4 is 15.9 Å². The van der Waals surface area contributed by atoms with Crippen molar-refractivity contribution in [3.8, 4) is 0 Å². The number of nitrogens with zero attached hydrogens (tertiary/aromatic N) is 3. The Balaban J connectivity index is 1.75. The van der Waals surface area contributed by atoms with E-state index in [1.807, 2.05) is 30.3 Å². The number of nitrogens with one attached hydrogen (secondary N) is 2. The number of H-pyrrole nitrogens is 1. The Labute approximate surface area is 138 Å². The van der Waals surface area contributed by atoms with Crippen molar-refractivity contribution < 1.29 is 4.74 Å². The highest BCUT2D eigenvalue weighted by molar-refractivity contribution is 5.89. The number of morpholine rings is 1. The molecule has 1 fully saturated rings. The van der Waals surface area contributed by atoms with Gasteiger partial charge in [0.2, 0.25) is 0 Å². The van der Waals surface area contributed by atoms with Crippen molar-refractivity contribution in [2.75, 3.05) is 36.5 Å². The molecule has 0 radical (unpaired) electrons. The van der Waals surface area contributed by atoms with E-state index in [1.54, 1.807) is 6.20 Å². The summed E-state index contributed by atoms with van der Waals surface area (Å²) in [4.78, 5) is 24.9. The van der Waals surface area contributed by atoms with Gasteiger partial charge in [-0.2, -0.15) is 4.98 Å². The number of ether oxygens (including phenoxy) is 1. The van der Waals surface area contributed by atoms with Crippen LogP contribution in [0.4, 0.5) is 17.2 Å². The largest absolute Gasteiger partial charge is 0.378 e. The van der Waals surface area contributed by atoms with Crippen LogP contribution in [-0.2, 0) is 4.74 Å². The average Bonchev–Trinajstić information content (AvgIpc) is 2.63. The molecule has 3 heterocycles. The van der Waals surface area contributed by atoms with Crippen LogP contribution in [0.1, 0.15) is 0 Å². The minimum absolute atomic E-state index is 0.424. The zero-order valence-corrected chi connectivity index (χ0v) is 13.0. The molecule has 0 saturated carbocycles. The molecule has 1 aliphatic rings. The van der Waals surface area contributed by atoms with Crippen LogP contribution in [-0.4, -0.2) is 41.3 Å². The lowest BCUT2D eigenvalue weighted by atomic mass is 10.2.